The van der Waals surface area contributed by atoms with Crippen LogP contribution >= 0.6 is 7.37 Å². The zero-order valence-electron chi connectivity index (χ0n) is 43.7. The third kappa shape index (κ3) is 16.3. The first-order valence-electron chi connectivity index (χ1n) is 25.5. The number of amides is 1. The van der Waals surface area contributed by atoms with Crippen molar-refractivity contribution in [2.75, 3.05) is 41.2 Å². The van der Waals surface area contributed by atoms with Crippen molar-refractivity contribution >= 4 is 36.6 Å². The number of hydrogen-bond acceptors (Lipinski definition) is 14. The maximum Gasteiger partial charge on any atom is 0.329 e. The van der Waals surface area contributed by atoms with Crippen LogP contribution in [0.2, 0.25) is 0 Å². The van der Waals surface area contributed by atoms with Crippen molar-refractivity contribution in [3.05, 3.63) is 35.5 Å². The van der Waals surface area contributed by atoms with Crippen LogP contribution in [-0.4, -0.2) is 140 Å². The van der Waals surface area contributed by atoms with Gasteiger partial charge in [-0.25, -0.2) is 4.79 Å². The summed E-state index contributed by atoms with van der Waals surface area (Å²) in [6, 6.07) is -1.15. The summed E-state index contributed by atoms with van der Waals surface area (Å²) in [6.07, 6.45) is 9.64. The second kappa shape index (κ2) is 26.7. The van der Waals surface area contributed by atoms with Gasteiger partial charge in [-0.05, 0) is 120 Å². The van der Waals surface area contributed by atoms with Crippen LogP contribution in [0, 0.1) is 35.5 Å². The summed E-state index contributed by atoms with van der Waals surface area (Å²) >= 11 is 0. The Morgan fingerprint density at radius 3 is 2.23 bits per heavy atom. The normalized spacial score (nSPS) is 37.6. The number of rotatable bonds is 8. The molecule has 4 aliphatic rings. The average molecular weight is 992 g/mol. The fraction of sp³-hybridized carbons (Fsp3) is 0.792. The quantitative estimate of drug-likeness (QED) is 0.103. The van der Waals surface area contributed by atoms with E-state index in [4.69, 9.17) is 28.2 Å². The van der Waals surface area contributed by atoms with Crippen LogP contribution in [0.5, 0.6) is 0 Å². The van der Waals surface area contributed by atoms with E-state index in [-0.39, 0.29) is 60.9 Å². The largest absolute Gasteiger partial charge is 0.460 e. The first-order valence-corrected chi connectivity index (χ1v) is 28.0. The van der Waals surface area contributed by atoms with Gasteiger partial charge in [0.15, 0.2) is 13.2 Å². The van der Waals surface area contributed by atoms with Crippen LogP contribution < -0.4 is 0 Å². The molecule has 0 aromatic heterocycles. The molecular formula is C53H86NO14P. The van der Waals surface area contributed by atoms with Gasteiger partial charge in [0.1, 0.15) is 30.1 Å². The van der Waals surface area contributed by atoms with Gasteiger partial charge in [-0.2, -0.15) is 0 Å². The highest BCUT2D eigenvalue weighted by Crippen LogP contribution is 2.45. The van der Waals surface area contributed by atoms with Crippen LogP contribution in [0.3, 0.4) is 0 Å². The summed E-state index contributed by atoms with van der Waals surface area (Å²) in [4.78, 5) is 72.3. The highest BCUT2D eigenvalue weighted by atomic mass is 31.2. The zero-order chi connectivity index (χ0) is 51.4. The van der Waals surface area contributed by atoms with Crippen molar-refractivity contribution in [3.8, 4) is 0 Å². The lowest BCUT2D eigenvalue weighted by atomic mass is 9.78. The van der Waals surface area contributed by atoms with Crippen LogP contribution in [0.1, 0.15) is 138 Å². The molecule has 16 heteroatoms. The Bertz CT molecular complexity index is 1890. The van der Waals surface area contributed by atoms with Crippen molar-refractivity contribution in [3.63, 3.8) is 0 Å². The molecule has 2 N–H and O–H groups in total. The molecule has 2 bridgehead atoms. The monoisotopic (exact) mass is 992 g/mol. The number of aliphatic hydroxyl groups is 2. The summed E-state index contributed by atoms with van der Waals surface area (Å²) < 4.78 is 48.3. The van der Waals surface area contributed by atoms with Gasteiger partial charge < -0.3 is 43.3 Å². The van der Waals surface area contributed by atoms with Gasteiger partial charge in [-0.15, -0.1) is 0 Å². The van der Waals surface area contributed by atoms with Gasteiger partial charge in [0, 0.05) is 71.8 Å². The maximum atomic E-state index is 14.5. The SMILES string of the molecule is CO[C@H]1C[C@@H]2CC[C@@H](C)[C@@](O)(O2)C(=O)C(=O)N2CCCC[C@H]2C(=O)O[C@H]([C@H](C)C[C@@H]2CCC(OP(C)(C)=O)[C@H](OC)C2)CC(=O)[C@H](C)/C=C(\C)[C@@H](O)[C@@H](OC)C(=O)[C@H](C)C[C@H](C)CCC=CC=C1C. The molecule has 15 nitrogen and oxygen atoms in total. The maximum absolute atomic E-state index is 14.5. The first kappa shape index (κ1) is 58.7. The molecule has 4 rings (SSSR count). The van der Waals surface area contributed by atoms with E-state index in [1.807, 2.05) is 32.9 Å². The summed E-state index contributed by atoms with van der Waals surface area (Å²) in [5.41, 5.74) is 1.30. The molecule has 0 aromatic rings. The number of methoxy groups -OCH3 is 3. The topological polar surface area (TPSA) is 201 Å². The lowest BCUT2D eigenvalue weighted by Crippen LogP contribution is -2.61. The number of ether oxygens (including phenoxy) is 5. The highest BCUT2D eigenvalue weighted by molar-refractivity contribution is 7.57. The molecule has 1 saturated carbocycles. The minimum Gasteiger partial charge on any atom is -0.460 e. The number of hydrogen-bond donors (Lipinski definition) is 2. The predicted octanol–water partition coefficient (Wildman–Crippen LogP) is 7.97. The Hall–Kier alpha value is -2.88. The molecule has 0 radical (unpaired) electrons. The molecule has 392 valence electrons. The number of nitrogens with zero attached hydrogens (tertiary/aromatic N) is 1. The van der Waals surface area contributed by atoms with E-state index in [1.54, 1.807) is 54.4 Å². The van der Waals surface area contributed by atoms with Crippen molar-refractivity contribution in [1.29, 1.82) is 0 Å². The Morgan fingerprint density at radius 1 is 0.870 bits per heavy atom. The van der Waals surface area contributed by atoms with Crippen LogP contribution in [0.25, 0.3) is 0 Å². The van der Waals surface area contributed by atoms with Crippen molar-refractivity contribution in [2.24, 2.45) is 35.5 Å². The molecule has 1 amide bonds. The standard InChI is InChI=1S/C53H86NO14P/c1-32-18-14-13-15-19-33(2)44(63-8)30-40-23-21-38(7)53(61,67-40)50(58)51(59)54-25-17-16-20-41(54)52(60)66-45(35(4)28-39-22-24-43(46(29-39)64-9)68-69(11,12)62)31-42(55)34(3)27-37(6)48(57)49(65-10)47(56)36(5)26-32/h13,15,19,27,32,34-36,38-41,43-46,48-49,57,61H,14,16-18,20-26,28-31H2,1-12H3/b15-13?,33-19?,37-27+/t32-,34-,35-,36-,38-,39+,40+,41+,43?,44+,45+,46-,48-,49+,53-/m1/s1. The van der Waals surface area contributed by atoms with Gasteiger partial charge >= 0.3 is 5.97 Å². The number of carbonyl (C=O) groups excluding carboxylic acids is 5. The van der Waals surface area contributed by atoms with Crippen molar-refractivity contribution < 1.29 is 67.0 Å². The number of fused-ring (bicyclic) bond motifs is 3. The fourth-order valence-corrected chi connectivity index (χ4v) is 11.7. The minimum atomic E-state index is -2.79. The summed E-state index contributed by atoms with van der Waals surface area (Å²) in [7, 11) is 1.79. The lowest BCUT2D eigenvalue weighted by molar-refractivity contribution is -0.265. The number of Topliss-reactive ketones (excluding diaryl/α,β-unsaturated/α-hetero) is 3. The van der Waals surface area contributed by atoms with Gasteiger partial charge in [-0.1, -0.05) is 58.9 Å². The Kier molecular flexibility index (Phi) is 22.7. The molecule has 1 unspecified atom stereocenters. The van der Waals surface area contributed by atoms with Crippen LogP contribution in [-0.2, 0) is 56.7 Å². The van der Waals surface area contributed by atoms with Gasteiger partial charge in [0.2, 0.25) is 5.79 Å². The molecule has 2 saturated heterocycles. The molecule has 3 heterocycles. The third-order valence-corrected chi connectivity index (χ3v) is 16.0. The Balaban J connectivity index is 1.69. The smallest absolute Gasteiger partial charge is 0.329 e. The minimum absolute atomic E-state index is 0.0822. The number of aliphatic hydroxyl groups excluding tert-OH is 1. The number of esters is 1. The lowest BCUT2D eigenvalue weighted by Gasteiger charge is -2.42. The molecule has 1 aliphatic carbocycles. The van der Waals surface area contributed by atoms with E-state index in [9.17, 15) is 38.8 Å². The van der Waals surface area contributed by atoms with E-state index < -0.39 is 85.1 Å². The molecular weight excluding hydrogens is 906 g/mol. The number of ketones is 3. The van der Waals surface area contributed by atoms with Gasteiger partial charge in [0.25, 0.3) is 11.7 Å². The molecule has 3 aliphatic heterocycles. The second-order valence-corrected chi connectivity index (χ2v) is 24.0. The summed E-state index contributed by atoms with van der Waals surface area (Å²) in [5.74, 6) is -7.78. The molecule has 0 spiro atoms. The number of allylic oxidation sites excluding steroid dienone is 4. The third-order valence-electron chi connectivity index (χ3n) is 15.2. The van der Waals surface area contributed by atoms with E-state index in [0.29, 0.717) is 63.4 Å². The summed E-state index contributed by atoms with van der Waals surface area (Å²) in [5, 5.41) is 23.5. The van der Waals surface area contributed by atoms with E-state index in [2.05, 4.69) is 13.0 Å². The fourth-order valence-electron chi connectivity index (χ4n) is 10.8. The van der Waals surface area contributed by atoms with E-state index in [1.165, 1.54) is 12.0 Å². The second-order valence-electron chi connectivity index (χ2n) is 21.3. The van der Waals surface area contributed by atoms with E-state index in [0.717, 1.165) is 24.8 Å². The first-order chi connectivity index (χ1) is 32.4. The van der Waals surface area contributed by atoms with Gasteiger partial charge in [-0.3, -0.25) is 23.7 Å². The number of piperidine rings is 1. The molecule has 69 heavy (non-hydrogen) atoms. The number of cyclic esters (lactones) is 1. The summed E-state index contributed by atoms with van der Waals surface area (Å²) in [6.45, 7) is 16.1. The Labute approximate surface area is 412 Å². The molecule has 3 fully saturated rings. The molecule has 0 aromatic carbocycles. The predicted molar refractivity (Wildman–Crippen MR) is 264 cm³/mol. The van der Waals surface area contributed by atoms with Gasteiger partial charge in [0.05, 0.1) is 24.4 Å². The van der Waals surface area contributed by atoms with Crippen molar-refractivity contribution in [1.82, 2.24) is 4.90 Å². The molecule has 15 atom stereocenters. The Morgan fingerprint density at radius 2 is 1.58 bits per heavy atom. The average Bonchev–Trinajstić information content (AvgIpc) is 3.30. The van der Waals surface area contributed by atoms with Crippen molar-refractivity contribution in [2.45, 2.75) is 193 Å². The highest BCUT2D eigenvalue weighted by Gasteiger charge is 2.53. The van der Waals surface area contributed by atoms with E-state index >= 15 is 0 Å². The van der Waals surface area contributed by atoms with Crippen LogP contribution in [0.4, 0.5) is 0 Å². The van der Waals surface area contributed by atoms with Crippen LogP contribution in [0.15, 0.2) is 35.5 Å². The number of carbonyl (C=O) groups is 5. The zero-order valence-corrected chi connectivity index (χ0v) is 44.6.